The van der Waals surface area contributed by atoms with Crippen molar-refractivity contribution in [2.45, 2.75) is 26.2 Å². The van der Waals surface area contributed by atoms with Crippen LogP contribution in [-0.4, -0.2) is 24.1 Å². The van der Waals surface area contributed by atoms with Crippen LogP contribution < -0.4 is 0 Å². The summed E-state index contributed by atoms with van der Waals surface area (Å²) in [5, 5.41) is 4.67. The summed E-state index contributed by atoms with van der Waals surface area (Å²) in [5.41, 5.74) is 13.4. The predicted molar refractivity (Wildman–Crippen MR) is 249 cm³/mol. The summed E-state index contributed by atoms with van der Waals surface area (Å²) >= 11 is 0. The lowest BCUT2D eigenvalue weighted by atomic mass is 9.98. The maximum atomic E-state index is 5.33. The number of aromatic nitrogens is 5. The van der Waals surface area contributed by atoms with Crippen LogP contribution in [0.15, 0.2) is 194 Å². The first-order valence-corrected chi connectivity index (χ1v) is 20.8. The Morgan fingerprint density at radius 3 is 1.48 bits per heavy atom. The molecule has 5 nitrogen and oxygen atoms in total. The molecular weight excluding hydrogens is 731 g/mol. The van der Waals surface area contributed by atoms with Crippen molar-refractivity contribution in [2.75, 3.05) is 0 Å². The molecule has 3 aromatic heterocycles. The zero-order valence-corrected chi connectivity index (χ0v) is 33.3. The van der Waals surface area contributed by atoms with Gasteiger partial charge in [0.1, 0.15) is 0 Å². The maximum Gasteiger partial charge on any atom is 0.238 e. The molecule has 0 aliphatic heterocycles. The summed E-state index contributed by atoms with van der Waals surface area (Å²) in [5.74, 6) is 1.82. The molecule has 8 aromatic carbocycles. The van der Waals surface area contributed by atoms with E-state index in [1.165, 1.54) is 51.3 Å². The van der Waals surface area contributed by atoms with Gasteiger partial charge < -0.3 is 4.57 Å². The van der Waals surface area contributed by atoms with Crippen molar-refractivity contribution in [1.29, 1.82) is 0 Å². The zero-order valence-electron chi connectivity index (χ0n) is 33.3. The molecule has 3 heterocycles. The smallest absolute Gasteiger partial charge is 0.238 e. The topological polar surface area (TPSA) is 48.5 Å². The summed E-state index contributed by atoms with van der Waals surface area (Å²) in [6, 6.07) is 69.1. The van der Waals surface area contributed by atoms with Crippen molar-refractivity contribution in [3.8, 4) is 56.7 Å². The minimum atomic E-state index is 0.576. The van der Waals surface area contributed by atoms with Gasteiger partial charge >= 0.3 is 0 Å². The Bertz CT molecular complexity index is 3340. The average Bonchev–Trinajstić information content (AvgIpc) is 3.82. The molecule has 0 unspecified atom stereocenters. The zero-order chi connectivity index (χ0) is 40.0. The number of para-hydroxylation sites is 2. The standard InChI is InChI=1S/C55H41N5/c1-2-3-16-37-29-31-44(32-30-37)59-49-27-12-10-25-45(49)47-36-52-48(35-51(47)59)46-26-11-13-28-50(46)60(52)55-57-53(39-19-8-5-9-20-39)56-54(58-55)43-24-15-23-42(34-43)41-22-14-21-40(33-41)38-17-6-4-7-18-38/h4-15,17-36H,2-3,16H2,1H3. The average molecular weight is 772 g/mol. The summed E-state index contributed by atoms with van der Waals surface area (Å²) < 4.78 is 4.64. The Kier molecular flexibility index (Phi) is 8.85. The number of nitrogens with zero attached hydrogens (tertiary/aromatic N) is 5. The first-order valence-electron chi connectivity index (χ1n) is 20.8. The molecule has 0 saturated heterocycles. The normalized spacial score (nSPS) is 11.6. The Labute approximate surface area is 348 Å². The molecule has 0 fully saturated rings. The lowest BCUT2D eigenvalue weighted by Gasteiger charge is -2.12. The van der Waals surface area contributed by atoms with Crippen molar-refractivity contribution in [3.63, 3.8) is 0 Å². The largest absolute Gasteiger partial charge is 0.309 e. The van der Waals surface area contributed by atoms with Crippen molar-refractivity contribution in [2.24, 2.45) is 0 Å². The number of benzene rings is 8. The summed E-state index contributed by atoms with van der Waals surface area (Å²) in [6.45, 7) is 2.25. The van der Waals surface area contributed by atoms with E-state index in [2.05, 4.69) is 192 Å². The van der Waals surface area contributed by atoms with Gasteiger partial charge in [0.25, 0.3) is 0 Å². The molecule has 0 bridgehead atoms. The molecule has 11 rings (SSSR count). The fraction of sp³-hybridized carbons (Fsp3) is 0.0727. The SMILES string of the molecule is CCCCc1ccc(-n2c3ccccc3c3cc4c(cc32)c2ccccc2n4-c2nc(-c3ccccc3)nc(-c3cccc(-c4cccc(-c5ccccc5)c4)c3)n2)cc1. The van der Waals surface area contributed by atoms with Crippen molar-refractivity contribution in [1.82, 2.24) is 24.1 Å². The summed E-state index contributed by atoms with van der Waals surface area (Å²) in [6.07, 6.45) is 3.49. The molecule has 5 heteroatoms. The van der Waals surface area contributed by atoms with Gasteiger partial charge in [0.2, 0.25) is 5.95 Å². The van der Waals surface area contributed by atoms with Crippen LogP contribution in [0, 0.1) is 0 Å². The molecule has 0 atom stereocenters. The molecule has 11 aromatic rings. The van der Waals surface area contributed by atoms with E-state index in [4.69, 9.17) is 15.0 Å². The third-order valence-electron chi connectivity index (χ3n) is 11.8. The molecule has 0 amide bonds. The highest BCUT2D eigenvalue weighted by atomic mass is 15.2. The van der Waals surface area contributed by atoms with E-state index >= 15 is 0 Å². The van der Waals surface area contributed by atoms with Gasteiger partial charge in [0, 0.05) is 38.4 Å². The molecular formula is C55H41N5. The molecule has 60 heavy (non-hydrogen) atoms. The van der Waals surface area contributed by atoms with Gasteiger partial charge in [0.05, 0.1) is 22.1 Å². The minimum Gasteiger partial charge on any atom is -0.309 e. The van der Waals surface area contributed by atoms with Crippen LogP contribution in [0.2, 0.25) is 0 Å². The Morgan fingerprint density at radius 1 is 0.367 bits per heavy atom. The Hall–Kier alpha value is -7.63. The number of fused-ring (bicyclic) bond motifs is 6. The number of hydrogen-bond donors (Lipinski definition) is 0. The van der Waals surface area contributed by atoms with Gasteiger partial charge in [-0.3, -0.25) is 4.57 Å². The van der Waals surface area contributed by atoms with E-state index < -0.39 is 0 Å². The summed E-state index contributed by atoms with van der Waals surface area (Å²) in [7, 11) is 0. The van der Waals surface area contributed by atoms with Gasteiger partial charge in [-0.25, -0.2) is 4.98 Å². The Balaban J connectivity index is 1.11. The molecule has 286 valence electrons. The predicted octanol–water partition coefficient (Wildman–Crippen LogP) is 14.1. The fourth-order valence-electron chi connectivity index (χ4n) is 8.77. The third-order valence-corrected chi connectivity index (χ3v) is 11.8. The van der Waals surface area contributed by atoms with Crippen molar-refractivity contribution < 1.29 is 0 Å². The van der Waals surface area contributed by atoms with Crippen LogP contribution in [0.4, 0.5) is 0 Å². The lowest BCUT2D eigenvalue weighted by molar-refractivity contribution is 0.795. The Morgan fingerprint density at radius 2 is 0.850 bits per heavy atom. The van der Waals surface area contributed by atoms with Gasteiger partial charge in [-0.15, -0.1) is 0 Å². The number of rotatable bonds is 9. The van der Waals surface area contributed by atoms with Gasteiger partial charge in [0.15, 0.2) is 11.6 Å². The van der Waals surface area contributed by atoms with E-state index in [9.17, 15) is 0 Å². The number of unbranched alkanes of at least 4 members (excludes halogenated alkanes) is 1. The van der Waals surface area contributed by atoms with Crippen LogP contribution in [0.1, 0.15) is 25.3 Å². The van der Waals surface area contributed by atoms with Crippen LogP contribution in [0.3, 0.4) is 0 Å². The van der Waals surface area contributed by atoms with E-state index in [-0.39, 0.29) is 0 Å². The molecule has 0 radical (unpaired) electrons. The van der Waals surface area contributed by atoms with E-state index in [0.29, 0.717) is 17.6 Å². The fourth-order valence-corrected chi connectivity index (χ4v) is 8.77. The highest BCUT2D eigenvalue weighted by Crippen LogP contribution is 2.40. The number of aryl methyl sites for hydroxylation is 1. The van der Waals surface area contributed by atoms with Crippen LogP contribution >= 0.6 is 0 Å². The molecule has 0 N–H and O–H groups in total. The van der Waals surface area contributed by atoms with Crippen LogP contribution in [-0.2, 0) is 6.42 Å². The highest BCUT2D eigenvalue weighted by Gasteiger charge is 2.21. The summed E-state index contributed by atoms with van der Waals surface area (Å²) in [4.78, 5) is 15.7. The van der Waals surface area contributed by atoms with Gasteiger partial charge in [-0.05, 0) is 89.2 Å². The third kappa shape index (κ3) is 6.23. The van der Waals surface area contributed by atoms with Crippen molar-refractivity contribution >= 4 is 43.6 Å². The second-order valence-electron chi connectivity index (χ2n) is 15.5. The minimum absolute atomic E-state index is 0.576. The molecule has 0 saturated carbocycles. The quantitative estimate of drug-likeness (QED) is 0.147. The van der Waals surface area contributed by atoms with Crippen LogP contribution in [0.5, 0.6) is 0 Å². The molecule has 0 aliphatic carbocycles. The second kappa shape index (κ2) is 14.9. The first-order chi connectivity index (χ1) is 29.7. The maximum absolute atomic E-state index is 5.33. The number of hydrogen-bond acceptors (Lipinski definition) is 3. The monoisotopic (exact) mass is 771 g/mol. The lowest BCUT2D eigenvalue weighted by Crippen LogP contribution is -2.06. The van der Waals surface area contributed by atoms with E-state index in [1.807, 2.05) is 18.2 Å². The van der Waals surface area contributed by atoms with Crippen molar-refractivity contribution in [3.05, 3.63) is 200 Å². The van der Waals surface area contributed by atoms with Crippen LogP contribution in [0.25, 0.3) is 100 Å². The molecule has 0 aliphatic rings. The second-order valence-corrected chi connectivity index (χ2v) is 15.5. The molecule has 0 spiro atoms. The van der Waals surface area contributed by atoms with E-state index in [0.717, 1.165) is 56.2 Å². The van der Waals surface area contributed by atoms with Gasteiger partial charge in [-0.2, -0.15) is 9.97 Å². The first kappa shape index (κ1) is 35.5. The highest BCUT2D eigenvalue weighted by molar-refractivity contribution is 6.19. The van der Waals surface area contributed by atoms with E-state index in [1.54, 1.807) is 0 Å². The van der Waals surface area contributed by atoms with Gasteiger partial charge in [-0.1, -0.05) is 159 Å².